The molecule has 0 bridgehead atoms. The maximum absolute atomic E-state index is 13.7. The van der Waals surface area contributed by atoms with Crippen molar-refractivity contribution in [1.82, 2.24) is 25.0 Å². The van der Waals surface area contributed by atoms with Crippen LogP contribution in [0.4, 0.5) is 17.6 Å². The fraction of sp³-hybridized carbons (Fsp3) is 0.368. The molecule has 1 amide bonds. The van der Waals surface area contributed by atoms with Crippen LogP contribution in [0.2, 0.25) is 0 Å². The molecule has 1 fully saturated rings. The Bertz CT molecular complexity index is 1090. The second-order valence-electron chi connectivity index (χ2n) is 6.93. The van der Waals surface area contributed by atoms with Crippen LogP contribution < -0.4 is 4.84 Å². The summed E-state index contributed by atoms with van der Waals surface area (Å²) in [6.07, 6.45) is -3.88. The number of hydrogen-bond acceptors (Lipinski definition) is 6. The topological polar surface area (TPSA) is 82.4 Å². The summed E-state index contributed by atoms with van der Waals surface area (Å²) >= 11 is 0. The van der Waals surface area contributed by atoms with Gasteiger partial charge in [0.2, 0.25) is 11.6 Å². The zero-order valence-electron chi connectivity index (χ0n) is 16.0. The smallest absolute Gasteiger partial charge is 0.391 e. The van der Waals surface area contributed by atoms with Gasteiger partial charge in [0.15, 0.2) is 0 Å². The van der Waals surface area contributed by atoms with E-state index in [-0.39, 0.29) is 37.6 Å². The minimum absolute atomic E-state index is 0.0771. The first-order valence-electron chi connectivity index (χ1n) is 9.36. The molecule has 1 aliphatic heterocycles. The van der Waals surface area contributed by atoms with E-state index in [0.29, 0.717) is 23.8 Å². The Morgan fingerprint density at radius 3 is 2.90 bits per heavy atom. The minimum atomic E-state index is -4.78. The lowest BCUT2D eigenvalue weighted by atomic mass is 10.1. The molecule has 3 heterocycles. The van der Waals surface area contributed by atoms with E-state index in [4.69, 9.17) is 9.57 Å². The molecule has 31 heavy (non-hydrogen) atoms. The van der Waals surface area contributed by atoms with Crippen molar-refractivity contribution in [2.45, 2.75) is 18.7 Å². The molecular weight excluding hydrogens is 422 g/mol. The SMILES string of the molecule is O=C(Cc1ccc(C(F)(F)F)c(F)c1)N1CCOC(COn2nnc3cccnc32)C1. The Kier molecular flexibility index (Phi) is 5.72. The molecule has 0 spiro atoms. The third-order valence-electron chi connectivity index (χ3n) is 4.75. The molecule has 8 nitrogen and oxygen atoms in total. The van der Waals surface area contributed by atoms with Gasteiger partial charge in [0, 0.05) is 12.7 Å². The highest BCUT2D eigenvalue weighted by atomic mass is 19.4. The third-order valence-corrected chi connectivity index (χ3v) is 4.75. The summed E-state index contributed by atoms with van der Waals surface area (Å²) in [7, 11) is 0. The number of carbonyl (C=O) groups is 1. The second-order valence-corrected chi connectivity index (χ2v) is 6.93. The molecule has 1 atom stereocenters. The molecule has 3 aromatic rings. The molecule has 164 valence electrons. The molecule has 0 saturated carbocycles. The third kappa shape index (κ3) is 4.74. The van der Waals surface area contributed by atoms with Crippen LogP contribution in [0, 0.1) is 5.82 Å². The second kappa shape index (κ2) is 8.46. The number of aromatic nitrogens is 4. The van der Waals surface area contributed by atoms with Crippen LogP contribution >= 0.6 is 0 Å². The largest absolute Gasteiger partial charge is 0.419 e. The van der Waals surface area contributed by atoms with Crippen LogP contribution in [0.25, 0.3) is 11.2 Å². The van der Waals surface area contributed by atoms with Crippen molar-refractivity contribution >= 4 is 17.1 Å². The Balaban J connectivity index is 1.35. The standard InChI is InChI=1S/C19H17F4N5O3/c20-15-8-12(3-4-14(15)19(21,22)23)9-17(29)27-6-7-30-13(10-27)11-31-28-18-16(25-26-28)2-1-5-24-18/h1-5,8,13H,6-7,9-11H2. The minimum Gasteiger partial charge on any atom is -0.391 e. The lowest BCUT2D eigenvalue weighted by molar-refractivity contribution is -0.141. The van der Waals surface area contributed by atoms with Crippen LogP contribution in [0.3, 0.4) is 0 Å². The first kappa shape index (κ1) is 21.0. The molecule has 4 rings (SSSR count). The summed E-state index contributed by atoms with van der Waals surface area (Å²) in [6.45, 7) is 0.861. The number of alkyl halides is 3. The van der Waals surface area contributed by atoms with Gasteiger partial charge in [-0.15, -0.1) is 5.10 Å². The van der Waals surface area contributed by atoms with Gasteiger partial charge in [-0.2, -0.15) is 13.2 Å². The van der Waals surface area contributed by atoms with Crippen LogP contribution in [-0.4, -0.2) is 63.4 Å². The van der Waals surface area contributed by atoms with E-state index in [1.165, 1.54) is 9.75 Å². The van der Waals surface area contributed by atoms with E-state index < -0.39 is 23.7 Å². The van der Waals surface area contributed by atoms with E-state index in [9.17, 15) is 22.4 Å². The maximum atomic E-state index is 13.7. The quantitative estimate of drug-likeness (QED) is 0.565. The zero-order valence-corrected chi connectivity index (χ0v) is 16.0. The average molecular weight is 439 g/mol. The number of morpholine rings is 1. The van der Waals surface area contributed by atoms with Crippen molar-refractivity contribution in [3.05, 3.63) is 53.5 Å². The number of halogens is 4. The first-order valence-corrected chi connectivity index (χ1v) is 9.36. The fourth-order valence-electron chi connectivity index (χ4n) is 3.22. The van der Waals surface area contributed by atoms with Crippen molar-refractivity contribution in [3.8, 4) is 0 Å². The highest BCUT2D eigenvalue weighted by molar-refractivity contribution is 5.79. The van der Waals surface area contributed by atoms with E-state index >= 15 is 0 Å². The number of rotatable bonds is 5. The van der Waals surface area contributed by atoms with Crippen LogP contribution in [-0.2, 0) is 22.1 Å². The number of fused-ring (bicyclic) bond motifs is 1. The van der Waals surface area contributed by atoms with Crippen LogP contribution in [0.15, 0.2) is 36.5 Å². The molecule has 0 aliphatic carbocycles. The summed E-state index contributed by atoms with van der Waals surface area (Å²) in [5.74, 6) is -1.75. The van der Waals surface area contributed by atoms with Gasteiger partial charge >= 0.3 is 6.18 Å². The number of nitrogens with zero attached hydrogens (tertiary/aromatic N) is 5. The number of pyridine rings is 1. The predicted octanol–water partition coefficient (Wildman–Crippen LogP) is 1.88. The molecule has 1 unspecified atom stereocenters. The lowest BCUT2D eigenvalue weighted by Crippen LogP contribution is -2.48. The van der Waals surface area contributed by atoms with E-state index in [1.807, 2.05) is 0 Å². The summed E-state index contributed by atoms with van der Waals surface area (Å²) < 4.78 is 57.4. The van der Waals surface area contributed by atoms with Crippen molar-refractivity contribution in [3.63, 3.8) is 0 Å². The van der Waals surface area contributed by atoms with Gasteiger partial charge in [0.1, 0.15) is 24.0 Å². The predicted molar refractivity (Wildman–Crippen MR) is 98.2 cm³/mol. The van der Waals surface area contributed by atoms with E-state index in [0.717, 1.165) is 12.1 Å². The summed E-state index contributed by atoms with van der Waals surface area (Å²) in [5.41, 5.74) is -0.194. The van der Waals surface area contributed by atoms with Gasteiger partial charge in [0.25, 0.3) is 0 Å². The molecule has 1 saturated heterocycles. The summed E-state index contributed by atoms with van der Waals surface area (Å²) in [4.78, 5) is 24.9. The van der Waals surface area contributed by atoms with Crippen molar-refractivity contribution in [2.24, 2.45) is 0 Å². The zero-order chi connectivity index (χ0) is 22.0. The summed E-state index contributed by atoms with van der Waals surface area (Å²) in [6, 6.07) is 5.94. The Labute approximate surface area is 173 Å². The fourth-order valence-corrected chi connectivity index (χ4v) is 3.22. The van der Waals surface area contributed by atoms with Crippen LogP contribution in [0.5, 0.6) is 0 Å². The van der Waals surface area contributed by atoms with Gasteiger partial charge in [-0.05, 0) is 35.0 Å². The first-order chi connectivity index (χ1) is 14.8. The van der Waals surface area contributed by atoms with E-state index in [1.54, 1.807) is 18.3 Å². The molecule has 1 aliphatic rings. The molecule has 2 aromatic heterocycles. The average Bonchev–Trinajstić information content (AvgIpc) is 3.15. The highest BCUT2D eigenvalue weighted by Crippen LogP contribution is 2.31. The highest BCUT2D eigenvalue weighted by Gasteiger charge is 2.34. The Morgan fingerprint density at radius 2 is 2.13 bits per heavy atom. The number of ether oxygens (including phenoxy) is 1. The Morgan fingerprint density at radius 1 is 1.29 bits per heavy atom. The number of carbonyl (C=O) groups excluding carboxylic acids is 1. The van der Waals surface area contributed by atoms with Gasteiger partial charge in [0.05, 0.1) is 25.1 Å². The van der Waals surface area contributed by atoms with Crippen molar-refractivity contribution < 1.29 is 31.9 Å². The van der Waals surface area contributed by atoms with Gasteiger partial charge in [-0.1, -0.05) is 10.9 Å². The number of amides is 1. The van der Waals surface area contributed by atoms with E-state index in [2.05, 4.69) is 15.3 Å². The normalized spacial score (nSPS) is 17.2. The Hall–Kier alpha value is -3.28. The van der Waals surface area contributed by atoms with Crippen molar-refractivity contribution in [1.29, 1.82) is 0 Å². The van der Waals surface area contributed by atoms with Gasteiger partial charge in [-0.25, -0.2) is 9.37 Å². The molecule has 0 radical (unpaired) electrons. The molecule has 12 heteroatoms. The monoisotopic (exact) mass is 439 g/mol. The van der Waals surface area contributed by atoms with Gasteiger partial charge < -0.3 is 14.5 Å². The van der Waals surface area contributed by atoms with Crippen molar-refractivity contribution in [2.75, 3.05) is 26.3 Å². The lowest BCUT2D eigenvalue weighted by Gasteiger charge is -2.32. The summed E-state index contributed by atoms with van der Waals surface area (Å²) in [5, 5.41) is 7.77. The maximum Gasteiger partial charge on any atom is 0.419 e. The molecular formula is C19H17F4N5O3. The molecule has 1 aromatic carbocycles. The van der Waals surface area contributed by atoms with Crippen LogP contribution in [0.1, 0.15) is 11.1 Å². The van der Waals surface area contributed by atoms with Gasteiger partial charge in [-0.3, -0.25) is 4.79 Å². The number of hydrogen-bond donors (Lipinski definition) is 0. The molecule has 0 N–H and O–H groups in total. The number of benzene rings is 1.